The van der Waals surface area contributed by atoms with Crippen LogP contribution >= 0.6 is 0 Å². The summed E-state index contributed by atoms with van der Waals surface area (Å²) in [7, 11) is 0. The number of hydrogen-bond donors (Lipinski definition) is 0. The summed E-state index contributed by atoms with van der Waals surface area (Å²) in [6, 6.07) is 22.5. The first-order chi connectivity index (χ1) is 16.0. The fourth-order valence-electron chi connectivity index (χ4n) is 5.81. The van der Waals surface area contributed by atoms with Gasteiger partial charge in [0.2, 0.25) is 5.92 Å². The Balaban J connectivity index is 1.45. The molecule has 0 spiro atoms. The zero-order chi connectivity index (χ0) is 22.3. The minimum atomic E-state index is -2.57. The van der Waals surface area contributed by atoms with Crippen LogP contribution in [-0.4, -0.2) is 11.6 Å². The van der Waals surface area contributed by atoms with Crippen molar-refractivity contribution in [3.05, 3.63) is 89.0 Å². The molecule has 1 aliphatic heterocycles. The SMILES string of the molecule is Cc1cc(C2=Nc3ccc(C4CCC(F)(F)C4)c4cccc2c34)c2oc3ccccc3c2c1. The summed E-state index contributed by atoms with van der Waals surface area (Å²) in [6.07, 6.45) is 0.420. The van der Waals surface area contributed by atoms with Crippen LogP contribution in [0.25, 0.3) is 32.7 Å². The second-order valence-electron chi connectivity index (χ2n) is 9.45. The molecule has 4 aromatic carbocycles. The Morgan fingerprint density at radius 2 is 1.76 bits per heavy atom. The topological polar surface area (TPSA) is 25.5 Å². The first-order valence-electron chi connectivity index (χ1n) is 11.4. The molecule has 2 aliphatic rings. The lowest BCUT2D eigenvalue weighted by atomic mass is 9.89. The van der Waals surface area contributed by atoms with Crippen molar-refractivity contribution in [3.63, 3.8) is 0 Å². The molecule has 0 saturated heterocycles. The standard InChI is InChI=1S/C29H21F2NO/c1-16-13-22-19-5-2-3-8-25(19)33-28(22)23(14-16)27-21-7-4-6-20-18(9-10-24(32-27)26(20)21)17-11-12-29(30,31)15-17/h2-10,13-14,17H,11-12,15H2,1H3. The molecule has 1 aromatic heterocycles. The third-order valence-electron chi connectivity index (χ3n) is 7.26. The van der Waals surface area contributed by atoms with Crippen molar-refractivity contribution in [1.82, 2.24) is 0 Å². The Hall–Kier alpha value is -3.53. The molecule has 1 aliphatic carbocycles. The molecule has 7 rings (SSSR count). The first-order valence-corrected chi connectivity index (χ1v) is 11.4. The lowest BCUT2D eigenvalue weighted by Gasteiger charge is -2.15. The summed E-state index contributed by atoms with van der Waals surface area (Å²) < 4.78 is 34.3. The van der Waals surface area contributed by atoms with Gasteiger partial charge >= 0.3 is 0 Å². The molecule has 1 fully saturated rings. The number of furan rings is 1. The van der Waals surface area contributed by atoms with E-state index in [0.29, 0.717) is 6.42 Å². The van der Waals surface area contributed by atoms with E-state index in [1.165, 1.54) is 0 Å². The number of hydrogen-bond acceptors (Lipinski definition) is 2. The van der Waals surface area contributed by atoms with Crippen molar-refractivity contribution in [3.8, 4) is 0 Å². The minimum absolute atomic E-state index is 0.0321. The zero-order valence-electron chi connectivity index (χ0n) is 18.2. The van der Waals surface area contributed by atoms with E-state index in [0.717, 1.165) is 66.4 Å². The first kappa shape index (κ1) is 19.0. The van der Waals surface area contributed by atoms with Gasteiger partial charge in [0.1, 0.15) is 11.2 Å². The number of fused-ring (bicyclic) bond motifs is 3. The fraction of sp³-hybridized carbons (Fsp3) is 0.207. The van der Waals surface area contributed by atoms with E-state index < -0.39 is 5.92 Å². The van der Waals surface area contributed by atoms with Gasteiger partial charge in [-0.1, -0.05) is 42.5 Å². The van der Waals surface area contributed by atoms with Gasteiger partial charge in [0.25, 0.3) is 0 Å². The molecule has 0 N–H and O–H groups in total. The summed E-state index contributed by atoms with van der Waals surface area (Å²) in [5, 5.41) is 4.28. The largest absolute Gasteiger partial charge is 0.455 e. The van der Waals surface area contributed by atoms with Crippen molar-refractivity contribution >= 4 is 44.1 Å². The number of halogens is 2. The summed E-state index contributed by atoms with van der Waals surface area (Å²) in [6.45, 7) is 2.09. The highest BCUT2D eigenvalue weighted by molar-refractivity contribution is 6.30. The number of rotatable bonds is 2. The van der Waals surface area contributed by atoms with E-state index in [1.807, 2.05) is 36.4 Å². The fourth-order valence-corrected chi connectivity index (χ4v) is 5.81. The average Bonchev–Trinajstić information content (AvgIpc) is 3.48. The van der Waals surface area contributed by atoms with Crippen LogP contribution in [-0.2, 0) is 0 Å². The van der Waals surface area contributed by atoms with Crippen LogP contribution in [0.1, 0.15) is 47.4 Å². The van der Waals surface area contributed by atoms with Crippen LogP contribution in [0.15, 0.2) is 76.1 Å². The van der Waals surface area contributed by atoms with E-state index in [9.17, 15) is 8.78 Å². The van der Waals surface area contributed by atoms with E-state index in [2.05, 4.69) is 37.3 Å². The molecule has 0 amide bonds. The van der Waals surface area contributed by atoms with Gasteiger partial charge in [-0.2, -0.15) is 0 Å². The summed E-state index contributed by atoms with van der Waals surface area (Å²) in [5.41, 5.74) is 7.65. The Labute approximate surface area is 189 Å². The smallest absolute Gasteiger partial charge is 0.248 e. The van der Waals surface area contributed by atoms with Gasteiger partial charge in [0.15, 0.2) is 0 Å². The maximum atomic E-state index is 14.0. The van der Waals surface area contributed by atoms with Gasteiger partial charge in [-0.3, -0.25) is 0 Å². The highest BCUT2D eigenvalue weighted by atomic mass is 19.3. The van der Waals surface area contributed by atoms with Crippen LogP contribution in [0.3, 0.4) is 0 Å². The Kier molecular flexibility index (Phi) is 3.74. The van der Waals surface area contributed by atoms with Crippen LogP contribution in [0.2, 0.25) is 0 Å². The molecule has 0 radical (unpaired) electrons. The van der Waals surface area contributed by atoms with Gasteiger partial charge < -0.3 is 4.42 Å². The Bertz CT molecular complexity index is 1640. The van der Waals surface area contributed by atoms with Gasteiger partial charge in [-0.15, -0.1) is 0 Å². The van der Waals surface area contributed by atoms with Crippen LogP contribution in [0.5, 0.6) is 0 Å². The quantitative estimate of drug-likeness (QED) is 0.267. The highest BCUT2D eigenvalue weighted by Gasteiger charge is 2.40. The highest BCUT2D eigenvalue weighted by Crippen LogP contribution is 2.48. The number of aryl methyl sites for hydroxylation is 1. The summed E-state index contributed by atoms with van der Waals surface area (Å²) >= 11 is 0. The van der Waals surface area contributed by atoms with Gasteiger partial charge in [-0.05, 0) is 60.0 Å². The molecule has 5 aromatic rings. The zero-order valence-corrected chi connectivity index (χ0v) is 18.2. The lowest BCUT2D eigenvalue weighted by molar-refractivity contribution is 0.00780. The van der Waals surface area contributed by atoms with Gasteiger partial charge in [-0.25, -0.2) is 13.8 Å². The molecule has 1 saturated carbocycles. The Morgan fingerprint density at radius 3 is 2.61 bits per heavy atom. The molecular formula is C29H21F2NO. The predicted octanol–water partition coefficient (Wildman–Crippen LogP) is 8.43. The van der Waals surface area contributed by atoms with Gasteiger partial charge in [0.05, 0.1) is 11.4 Å². The van der Waals surface area contributed by atoms with Crippen molar-refractivity contribution in [1.29, 1.82) is 0 Å². The molecule has 2 heterocycles. The molecule has 4 heteroatoms. The van der Waals surface area contributed by atoms with Crippen molar-refractivity contribution in [2.24, 2.45) is 4.99 Å². The minimum Gasteiger partial charge on any atom is -0.455 e. The second-order valence-corrected chi connectivity index (χ2v) is 9.45. The van der Waals surface area contributed by atoms with Crippen molar-refractivity contribution in [2.45, 2.75) is 38.0 Å². The number of para-hydroxylation sites is 1. The normalized spacial score (nSPS) is 19.1. The van der Waals surface area contributed by atoms with E-state index in [-0.39, 0.29) is 18.8 Å². The van der Waals surface area contributed by atoms with E-state index in [4.69, 9.17) is 9.41 Å². The number of nitrogens with zero attached hydrogens (tertiary/aromatic N) is 1. The molecular weight excluding hydrogens is 416 g/mol. The molecule has 0 bridgehead atoms. The lowest BCUT2D eigenvalue weighted by Crippen LogP contribution is -2.09. The monoisotopic (exact) mass is 437 g/mol. The third kappa shape index (κ3) is 2.73. The van der Waals surface area contributed by atoms with Crippen LogP contribution < -0.4 is 0 Å². The maximum absolute atomic E-state index is 14.0. The molecule has 1 unspecified atom stereocenters. The summed E-state index contributed by atoms with van der Waals surface area (Å²) in [5.74, 6) is -2.68. The van der Waals surface area contributed by atoms with Crippen LogP contribution in [0, 0.1) is 6.92 Å². The molecule has 162 valence electrons. The number of alkyl halides is 2. The average molecular weight is 437 g/mol. The second kappa shape index (κ2) is 6.50. The van der Waals surface area contributed by atoms with Crippen molar-refractivity contribution in [2.75, 3.05) is 0 Å². The van der Waals surface area contributed by atoms with Crippen molar-refractivity contribution < 1.29 is 13.2 Å². The molecule has 33 heavy (non-hydrogen) atoms. The Morgan fingerprint density at radius 1 is 0.909 bits per heavy atom. The van der Waals surface area contributed by atoms with Gasteiger partial charge in [0, 0.05) is 40.1 Å². The third-order valence-corrected chi connectivity index (χ3v) is 7.26. The molecule has 1 atom stereocenters. The van der Waals surface area contributed by atoms with E-state index >= 15 is 0 Å². The maximum Gasteiger partial charge on any atom is 0.248 e. The summed E-state index contributed by atoms with van der Waals surface area (Å²) in [4.78, 5) is 5.03. The molecule has 2 nitrogen and oxygen atoms in total. The number of aliphatic imine (C=N–C) groups is 1. The predicted molar refractivity (Wildman–Crippen MR) is 129 cm³/mol. The number of benzene rings is 4. The van der Waals surface area contributed by atoms with Crippen LogP contribution in [0.4, 0.5) is 14.5 Å². The van der Waals surface area contributed by atoms with E-state index in [1.54, 1.807) is 0 Å².